The zero-order valence-corrected chi connectivity index (χ0v) is 12.6. The Morgan fingerprint density at radius 3 is 1.83 bits per heavy atom. The normalized spacial score (nSPS) is 10.0. The van der Waals surface area contributed by atoms with E-state index >= 15 is 0 Å². The van der Waals surface area contributed by atoms with Crippen LogP contribution in [0.3, 0.4) is 0 Å². The molecule has 0 spiro atoms. The van der Waals surface area contributed by atoms with Gasteiger partial charge in [0.15, 0.2) is 0 Å². The minimum absolute atomic E-state index is 0.0947. The topological polar surface area (TPSA) is 101 Å². The van der Waals surface area contributed by atoms with Crippen molar-refractivity contribution in [3.8, 4) is 0 Å². The largest absolute Gasteiger partial charge is 0.318 e. The second-order valence-electron chi connectivity index (χ2n) is 5.09. The molecule has 118 valence electrons. The van der Waals surface area contributed by atoms with Crippen LogP contribution in [0.4, 0.5) is 17.1 Å². The van der Waals surface area contributed by atoms with Gasteiger partial charge in [-0.15, -0.1) is 0 Å². The molecule has 2 rings (SSSR count). The molecule has 0 bridgehead atoms. The van der Waals surface area contributed by atoms with E-state index < -0.39 is 16.7 Å². The van der Waals surface area contributed by atoms with Crippen molar-refractivity contribution in [2.24, 2.45) is 0 Å². The van der Waals surface area contributed by atoms with E-state index in [9.17, 15) is 19.7 Å². The van der Waals surface area contributed by atoms with Crippen molar-refractivity contribution < 1.29 is 14.5 Å². The molecule has 0 aliphatic heterocycles. The predicted molar refractivity (Wildman–Crippen MR) is 86.3 cm³/mol. The highest BCUT2D eigenvalue weighted by Crippen LogP contribution is 2.16. The molecular weight excluding hydrogens is 298 g/mol. The first kappa shape index (κ1) is 16.2. The van der Waals surface area contributed by atoms with Gasteiger partial charge in [-0.1, -0.05) is 6.07 Å². The fourth-order valence-electron chi connectivity index (χ4n) is 2.09. The van der Waals surface area contributed by atoms with Crippen LogP contribution in [0.15, 0.2) is 42.5 Å². The number of non-ortho nitro benzene ring substituents is 1. The summed E-state index contributed by atoms with van der Waals surface area (Å²) in [5.74, 6) is -1.66. The number of anilines is 2. The number of aryl methyl sites for hydroxylation is 2. The minimum Gasteiger partial charge on any atom is -0.318 e. The van der Waals surface area contributed by atoms with Gasteiger partial charge in [-0.05, 0) is 49.2 Å². The van der Waals surface area contributed by atoms with E-state index in [1.54, 1.807) is 12.1 Å². The van der Waals surface area contributed by atoms with Crippen molar-refractivity contribution in [2.75, 3.05) is 10.6 Å². The molecule has 2 aromatic carbocycles. The molecule has 0 fully saturated rings. The first-order chi connectivity index (χ1) is 10.8. The van der Waals surface area contributed by atoms with Crippen LogP contribution in [0.25, 0.3) is 0 Å². The van der Waals surface area contributed by atoms with E-state index in [1.165, 1.54) is 24.3 Å². The van der Waals surface area contributed by atoms with Gasteiger partial charge in [-0.25, -0.2) is 0 Å². The number of nitro benzene ring substituents is 1. The van der Waals surface area contributed by atoms with Gasteiger partial charge in [0.2, 0.25) is 0 Å². The Kier molecular flexibility index (Phi) is 4.70. The van der Waals surface area contributed by atoms with Gasteiger partial charge in [-0.3, -0.25) is 19.7 Å². The fourth-order valence-corrected chi connectivity index (χ4v) is 2.09. The molecule has 0 aliphatic carbocycles. The van der Waals surface area contributed by atoms with Crippen molar-refractivity contribution in [3.63, 3.8) is 0 Å². The summed E-state index contributed by atoms with van der Waals surface area (Å²) in [6.07, 6.45) is 0. The molecule has 0 radical (unpaired) electrons. The van der Waals surface area contributed by atoms with E-state index in [-0.39, 0.29) is 5.69 Å². The SMILES string of the molecule is Cc1cc(C)cc(NC(=O)C(=O)Nc2ccc([N+](=O)[O-])cc2)c1. The van der Waals surface area contributed by atoms with Crippen molar-refractivity contribution >= 4 is 28.9 Å². The number of benzene rings is 2. The number of carbonyl (C=O) groups is 2. The smallest absolute Gasteiger partial charge is 0.314 e. The summed E-state index contributed by atoms with van der Waals surface area (Å²) in [6.45, 7) is 3.78. The van der Waals surface area contributed by atoms with Crippen LogP contribution in [0.2, 0.25) is 0 Å². The quantitative estimate of drug-likeness (QED) is 0.517. The Morgan fingerprint density at radius 2 is 1.35 bits per heavy atom. The first-order valence-corrected chi connectivity index (χ1v) is 6.80. The first-order valence-electron chi connectivity index (χ1n) is 6.80. The molecule has 0 atom stereocenters. The lowest BCUT2D eigenvalue weighted by Gasteiger charge is -2.08. The Bertz CT molecular complexity index is 749. The monoisotopic (exact) mass is 313 g/mol. The average molecular weight is 313 g/mol. The maximum absolute atomic E-state index is 11.9. The van der Waals surface area contributed by atoms with Crippen LogP contribution < -0.4 is 10.6 Å². The van der Waals surface area contributed by atoms with E-state index in [0.29, 0.717) is 11.4 Å². The summed E-state index contributed by atoms with van der Waals surface area (Å²) < 4.78 is 0. The van der Waals surface area contributed by atoms with Gasteiger partial charge in [0.25, 0.3) is 5.69 Å². The van der Waals surface area contributed by atoms with E-state index in [2.05, 4.69) is 10.6 Å². The summed E-state index contributed by atoms with van der Waals surface area (Å²) in [4.78, 5) is 33.7. The molecule has 7 heteroatoms. The third-order valence-electron chi connectivity index (χ3n) is 3.02. The summed E-state index contributed by atoms with van der Waals surface area (Å²) in [6, 6.07) is 10.7. The molecular formula is C16H15N3O4. The summed E-state index contributed by atoms with van der Waals surface area (Å²) in [5.41, 5.74) is 2.68. The maximum Gasteiger partial charge on any atom is 0.314 e. The molecule has 0 heterocycles. The predicted octanol–water partition coefficient (Wildman–Crippen LogP) is 2.79. The number of nitro groups is 1. The number of amides is 2. The van der Waals surface area contributed by atoms with Crippen LogP contribution in [0.1, 0.15) is 11.1 Å². The van der Waals surface area contributed by atoms with Gasteiger partial charge < -0.3 is 10.6 Å². The van der Waals surface area contributed by atoms with Crippen molar-refractivity contribution in [1.82, 2.24) is 0 Å². The number of hydrogen-bond donors (Lipinski definition) is 2. The summed E-state index contributed by atoms with van der Waals surface area (Å²) >= 11 is 0. The van der Waals surface area contributed by atoms with E-state index in [0.717, 1.165) is 11.1 Å². The van der Waals surface area contributed by atoms with Crippen LogP contribution in [-0.4, -0.2) is 16.7 Å². The number of nitrogens with one attached hydrogen (secondary N) is 2. The molecule has 0 aliphatic rings. The number of carbonyl (C=O) groups excluding carboxylic acids is 2. The fraction of sp³-hybridized carbons (Fsp3) is 0.125. The van der Waals surface area contributed by atoms with Crippen molar-refractivity contribution in [3.05, 3.63) is 63.7 Å². The number of rotatable bonds is 3. The van der Waals surface area contributed by atoms with Gasteiger partial charge in [0, 0.05) is 23.5 Å². The van der Waals surface area contributed by atoms with Gasteiger partial charge in [0.1, 0.15) is 0 Å². The number of hydrogen-bond acceptors (Lipinski definition) is 4. The second-order valence-corrected chi connectivity index (χ2v) is 5.09. The average Bonchev–Trinajstić information content (AvgIpc) is 2.46. The number of nitrogens with zero attached hydrogens (tertiary/aromatic N) is 1. The van der Waals surface area contributed by atoms with Gasteiger partial charge in [0.05, 0.1) is 4.92 Å². The zero-order valence-electron chi connectivity index (χ0n) is 12.6. The van der Waals surface area contributed by atoms with Gasteiger partial charge in [-0.2, -0.15) is 0 Å². The molecule has 0 saturated carbocycles. The molecule has 2 aromatic rings. The van der Waals surface area contributed by atoms with Crippen LogP contribution in [-0.2, 0) is 9.59 Å². The summed E-state index contributed by atoms with van der Waals surface area (Å²) in [7, 11) is 0. The second kappa shape index (κ2) is 6.69. The molecule has 0 aromatic heterocycles. The lowest BCUT2D eigenvalue weighted by atomic mass is 10.1. The molecule has 23 heavy (non-hydrogen) atoms. The van der Waals surface area contributed by atoms with Crippen LogP contribution in [0, 0.1) is 24.0 Å². The zero-order chi connectivity index (χ0) is 17.0. The lowest BCUT2D eigenvalue weighted by molar-refractivity contribution is -0.384. The van der Waals surface area contributed by atoms with Crippen molar-refractivity contribution in [2.45, 2.75) is 13.8 Å². The molecule has 2 N–H and O–H groups in total. The highest BCUT2D eigenvalue weighted by Gasteiger charge is 2.15. The Morgan fingerprint density at radius 1 is 0.870 bits per heavy atom. The molecule has 0 unspecified atom stereocenters. The van der Waals surface area contributed by atoms with Crippen molar-refractivity contribution in [1.29, 1.82) is 0 Å². The Hall–Kier alpha value is -3.22. The van der Waals surface area contributed by atoms with Gasteiger partial charge >= 0.3 is 11.8 Å². The standard InChI is InChI=1S/C16H15N3O4/c1-10-7-11(2)9-13(8-10)18-16(21)15(20)17-12-3-5-14(6-4-12)19(22)23/h3-9H,1-2H3,(H,17,20)(H,18,21). The van der Waals surface area contributed by atoms with E-state index in [1.807, 2.05) is 19.9 Å². The summed E-state index contributed by atoms with van der Waals surface area (Å²) in [5, 5.41) is 15.5. The van der Waals surface area contributed by atoms with E-state index in [4.69, 9.17) is 0 Å². The van der Waals surface area contributed by atoms with Crippen LogP contribution in [0.5, 0.6) is 0 Å². The third kappa shape index (κ3) is 4.37. The van der Waals surface area contributed by atoms with Crippen LogP contribution >= 0.6 is 0 Å². The lowest BCUT2D eigenvalue weighted by Crippen LogP contribution is -2.29. The minimum atomic E-state index is -0.849. The molecule has 7 nitrogen and oxygen atoms in total. The highest BCUT2D eigenvalue weighted by atomic mass is 16.6. The molecule has 0 saturated heterocycles. The Balaban J connectivity index is 2.02. The maximum atomic E-state index is 11.9. The molecule has 2 amide bonds. The third-order valence-corrected chi connectivity index (χ3v) is 3.02. The highest BCUT2D eigenvalue weighted by molar-refractivity contribution is 6.43. The Labute approximate surface area is 132 Å².